The van der Waals surface area contributed by atoms with Crippen molar-refractivity contribution in [1.82, 2.24) is 9.47 Å². The first kappa shape index (κ1) is 15.0. The number of nitrogens with zero attached hydrogens (tertiary/aromatic N) is 2. The Morgan fingerprint density at radius 1 is 1.23 bits per heavy atom. The number of ketones is 1. The van der Waals surface area contributed by atoms with Crippen LogP contribution < -0.4 is 0 Å². The van der Waals surface area contributed by atoms with Crippen molar-refractivity contribution in [2.24, 2.45) is 0 Å². The number of rotatable bonds is 4. The lowest BCUT2D eigenvalue weighted by Crippen LogP contribution is -2.36. The summed E-state index contributed by atoms with van der Waals surface area (Å²) < 4.78 is 2.25. The molecule has 0 unspecified atom stereocenters. The van der Waals surface area contributed by atoms with Gasteiger partial charge in [0.1, 0.15) is 0 Å². The van der Waals surface area contributed by atoms with Crippen LogP contribution in [0.15, 0.2) is 36.0 Å². The normalized spacial score (nSPS) is 18.5. The molecule has 1 saturated heterocycles. The predicted molar refractivity (Wildman–Crippen MR) is 91.9 cm³/mol. The van der Waals surface area contributed by atoms with E-state index in [1.54, 1.807) is 0 Å². The summed E-state index contributed by atoms with van der Waals surface area (Å²) in [7, 11) is 0. The maximum atomic E-state index is 12.3. The number of likely N-dealkylation sites (tertiary alicyclic amines) is 1. The smallest absolute Gasteiger partial charge is 0.161 e. The number of benzene rings is 1. The summed E-state index contributed by atoms with van der Waals surface area (Å²) in [6, 6.07) is 8.43. The Bertz CT molecular complexity index is 711. The van der Waals surface area contributed by atoms with Gasteiger partial charge in [0.05, 0.1) is 0 Å². The van der Waals surface area contributed by atoms with Crippen molar-refractivity contribution in [3.05, 3.63) is 41.6 Å². The molecular weight excluding hydrogens is 272 g/mol. The molecule has 1 aromatic heterocycles. The zero-order valence-electron chi connectivity index (χ0n) is 13.5. The van der Waals surface area contributed by atoms with E-state index in [0.29, 0.717) is 12.2 Å². The number of hydrogen-bond donors (Lipinski definition) is 0. The van der Waals surface area contributed by atoms with Crippen molar-refractivity contribution in [2.45, 2.75) is 33.2 Å². The highest BCUT2D eigenvalue weighted by atomic mass is 16.1. The number of para-hydroxylation sites is 1. The molecule has 116 valence electrons. The van der Waals surface area contributed by atoms with Gasteiger partial charge in [-0.25, -0.2) is 0 Å². The highest BCUT2D eigenvalue weighted by Crippen LogP contribution is 2.25. The standard InChI is InChI=1S/C19H24N2O/c1-3-10-20-11-9-19(22)16(13-20)12-15-14-21(4-2)18-8-6-5-7-17(15)18/h5-8,12,14H,3-4,9-11,13H2,1-2H3/b16-12+. The Morgan fingerprint density at radius 3 is 2.82 bits per heavy atom. The molecule has 1 fully saturated rings. The first-order valence-electron chi connectivity index (χ1n) is 8.27. The van der Waals surface area contributed by atoms with Crippen LogP contribution in [0.4, 0.5) is 0 Å². The number of piperidine rings is 1. The van der Waals surface area contributed by atoms with Crippen molar-refractivity contribution >= 4 is 22.8 Å². The molecule has 0 bridgehead atoms. The highest BCUT2D eigenvalue weighted by molar-refractivity contribution is 6.03. The quantitative estimate of drug-likeness (QED) is 0.803. The fourth-order valence-corrected chi connectivity index (χ4v) is 3.30. The number of hydrogen-bond acceptors (Lipinski definition) is 2. The summed E-state index contributed by atoms with van der Waals surface area (Å²) in [5, 5.41) is 1.23. The van der Waals surface area contributed by atoms with E-state index >= 15 is 0 Å². The molecule has 0 amide bonds. The predicted octanol–water partition coefficient (Wildman–Crippen LogP) is 3.73. The second kappa shape index (κ2) is 6.49. The average molecular weight is 296 g/mol. The third-order valence-electron chi connectivity index (χ3n) is 4.44. The Morgan fingerprint density at radius 2 is 2.05 bits per heavy atom. The highest BCUT2D eigenvalue weighted by Gasteiger charge is 2.21. The van der Waals surface area contributed by atoms with E-state index < -0.39 is 0 Å². The zero-order chi connectivity index (χ0) is 15.5. The Labute approximate surface area is 132 Å². The maximum absolute atomic E-state index is 12.3. The molecule has 0 radical (unpaired) electrons. The first-order chi connectivity index (χ1) is 10.7. The van der Waals surface area contributed by atoms with Crippen molar-refractivity contribution in [2.75, 3.05) is 19.6 Å². The van der Waals surface area contributed by atoms with Crippen molar-refractivity contribution in [3.8, 4) is 0 Å². The van der Waals surface area contributed by atoms with Gasteiger partial charge in [-0.05, 0) is 32.0 Å². The van der Waals surface area contributed by atoms with E-state index in [1.165, 1.54) is 16.5 Å². The van der Waals surface area contributed by atoms with Gasteiger partial charge < -0.3 is 4.57 Å². The van der Waals surface area contributed by atoms with Gasteiger partial charge in [-0.1, -0.05) is 25.1 Å². The van der Waals surface area contributed by atoms with E-state index in [9.17, 15) is 4.79 Å². The fourth-order valence-electron chi connectivity index (χ4n) is 3.30. The summed E-state index contributed by atoms with van der Waals surface area (Å²) in [4.78, 5) is 14.6. The lowest BCUT2D eigenvalue weighted by molar-refractivity contribution is -0.117. The van der Waals surface area contributed by atoms with Crippen LogP contribution >= 0.6 is 0 Å². The summed E-state index contributed by atoms with van der Waals surface area (Å²) >= 11 is 0. The molecule has 22 heavy (non-hydrogen) atoms. The molecule has 2 heterocycles. The van der Waals surface area contributed by atoms with Crippen molar-refractivity contribution in [1.29, 1.82) is 0 Å². The molecule has 1 aromatic carbocycles. The van der Waals surface area contributed by atoms with Crippen LogP contribution in [-0.2, 0) is 11.3 Å². The number of carbonyl (C=O) groups is 1. The summed E-state index contributed by atoms with van der Waals surface area (Å²) in [5.74, 6) is 0.306. The first-order valence-corrected chi connectivity index (χ1v) is 8.27. The molecule has 0 saturated carbocycles. The van der Waals surface area contributed by atoms with Crippen LogP contribution in [0.1, 0.15) is 32.3 Å². The molecule has 0 atom stereocenters. The van der Waals surface area contributed by atoms with E-state index in [1.807, 2.05) is 0 Å². The Hall–Kier alpha value is -1.87. The molecule has 1 aliphatic rings. The Kier molecular flexibility index (Phi) is 4.44. The summed E-state index contributed by atoms with van der Waals surface area (Å²) in [6.07, 6.45) is 6.07. The molecule has 0 N–H and O–H groups in total. The van der Waals surface area contributed by atoms with Gasteiger partial charge in [0.25, 0.3) is 0 Å². The van der Waals surface area contributed by atoms with E-state index in [2.05, 4.69) is 59.9 Å². The van der Waals surface area contributed by atoms with E-state index in [0.717, 1.165) is 38.2 Å². The van der Waals surface area contributed by atoms with Crippen LogP contribution in [0, 0.1) is 0 Å². The molecule has 0 spiro atoms. The van der Waals surface area contributed by atoms with Gasteiger partial charge in [-0.3, -0.25) is 9.69 Å². The summed E-state index contributed by atoms with van der Waals surface area (Å²) in [6.45, 7) is 8.05. The topological polar surface area (TPSA) is 25.2 Å². The van der Waals surface area contributed by atoms with Crippen LogP contribution in [0.25, 0.3) is 17.0 Å². The molecule has 0 aliphatic carbocycles. The third-order valence-corrected chi connectivity index (χ3v) is 4.44. The van der Waals surface area contributed by atoms with Gasteiger partial charge in [0.2, 0.25) is 0 Å². The molecule has 1 aliphatic heterocycles. The van der Waals surface area contributed by atoms with Crippen molar-refractivity contribution < 1.29 is 4.79 Å². The van der Waals surface area contributed by atoms with E-state index in [4.69, 9.17) is 0 Å². The number of Topliss-reactive ketones (excluding diaryl/α,β-unsaturated/α-hetero) is 1. The number of fused-ring (bicyclic) bond motifs is 1. The second-order valence-electron chi connectivity index (χ2n) is 6.01. The summed E-state index contributed by atoms with van der Waals surface area (Å²) in [5.41, 5.74) is 3.36. The largest absolute Gasteiger partial charge is 0.347 e. The Balaban J connectivity index is 1.98. The SMILES string of the molecule is CCCN1CCC(=O)/C(=C/c2cn(CC)c3ccccc23)C1. The molecule has 3 nitrogen and oxygen atoms in total. The number of carbonyl (C=O) groups excluding carboxylic acids is 1. The minimum absolute atomic E-state index is 0.306. The van der Waals surface area contributed by atoms with E-state index in [-0.39, 0.29) is 0 Å². The zero-order valence-corrected chi connectivity index (χ0v) is 13.5. The monoisotopic (exact) mass is 296 g/mol. The number of aryl methyl sites for hydroxylation is 1. The number of aromatic nitrogens is 1. The lowest BCUT2D eigenvalue weighted by atomic mass is 10.00. The minimum atomic E-state index is 0.306. The van der Waals surface area contributed by atoms with Gasteiger partial charge in [0.15, 0.2) is 5.78 Å². The molecule has 3 heteroatoms. The minimum Gasteiger partial charge on any atom is -0.347 e. The van der Waals surface area contributed by atoms with Crippen molar-refractivity contribution in [3.63, 3.8) is 0 Å². The van der Waals surface area contributed by atoms with Gasteiger partial charge >= 0.3 is 0 Å². The average Bonchev–Trinajstić information content (AvgIpc) is 2.89. The van der Waals surface area contributed by atoms with Gasteiger partial charge in [-0.2, -0.15) is 0 Å². The molecule has 2 aromatic rings. The lowest BCUT2D eigenvalue weighted by Gasteiger charge is -2.27. The molecular formula is C19H24N2O. The maximum Gasteiger partial charge on any atom is 0.161 e. The van der Waals surface area contributed by atoms with Crippen LogP contribution in [-0.4, -0.2) is 34.9 Å². The van der Waals surface area contributed by atoms with Gasteiger partial charge in [-0.15, -0.1) is 0 Å². The van der Waals surface area contributed by atoms with Crippen LogP contribution in [0.3, 0.4) is 0 Å². The fraction of sp³-hybridized carbons (Fsp3) is 0.421. The van der Waals surface area contributed by atoms with Crippen LogP contribution in [0.2, 0.25) is 0 Å². The molecule has 3 rings (SSSR count). The van der Waals surface area contributed by atoms with Gasteiger partial charge in [0, 0.05) is 54.3 Å². The third kappa shape index (κ3) is 2.86. The second-order valence-corrected chi connectivity index (χ2v) is 6.01. The van der Waals surface area contributed by atoms with Crippen LogP contribution in [0.5, 0.6) is 0 Å².